The highest BCUT2D eigenvalue weighted by atomic mass is 19.4. The molecule has 178 valence electrons. The van der Waals surface area contributed by atoms with E-state index in [1.54, 1.807) is 12.1 Å². The Hall–Kier alpha value is -3.35. The maximum Gasteiger partial charge on any atom is 0.406 e. The molecule has 1 amide bonds. The number of benzene rings is 1. The second kappa shape index (κ2) is 8.89. The zero-order chi connectivity index (χ0) is 23.8. The molecule has 0 bridgehead atoms. The smallest absolute Gasteiger partial charge is 0.406 e. The highest BCUT2D eigenvalue weighted by Crippen LogP contribution is 2.35. The average Bonchev–Trinajstić information content (AvgIpc) is 3.33. The van der Waals surface area contributed by atoms with Crippen LogP contribution < -0.4 is 10.6 Å². The van der Waals surface area contributed by atoms with E-state index in [0.29, 0.717) is 24.0 Å². The molecule has 0 spiro atoms. The van der Waals surface area contributed by atoms with E-state index in [2.05, 4.69) is 20.8 Å². The van der Waals surface area contributed by atoms with Gasteiger partial charge in [0.15, 0.2) is 0 Å². The fourth-order valence-electron chi connectivity index (χ4n) is 3.95. The molecule has 0 saturated carbocycles. The molecule has 2 atom stereocenters. The van der Waals surface area contributed by atoms with E-state index in [0.717, 1.165) is 4.57 Å². The van der Waals surface area contributed by atoms with E-state index in [9.17, 15) is 22.4 Å². The average molecular weight is 470 g/mol. The molecule has 3 aromatic rings. The molecule has 1 aromatic carbocycles. The third kappa shape index (κ3) is 5.18. The number of fused-ring (bicyclic) bond motifs is 1. The number of hydrogen-bond acceptors (Lipinski definition) is 6. The highest BCUT2D eigenvalue weighted by Gasteiger charge is 2.32. The Balaban J connectivity index is 1.72. The van der Waals surface area contributed by atoms with Gasteiger partial charge in [-0.15, -0.1) is 0 Å². The molecule has 2 aromatic heterocycles. The number of rotatable bonds is 6. The van der Waals surface area contributed by atoms with Gasteiger partial charge >= 0.3 is 12.3 Å². The maximum atomic E-state index is 14.5. The van der Waals surface area contributed by atoms with Crippen molar-refractivity contribution in [2.75, 3.05) is 25.5 Å². The molecule has 0 unspecified atom stereocenters. The Bertz CT molecular complexity index is 1140. The summed E-state index contributed by atoms with van der Waals surface area (Å²) in [6.07, 6.45) is -6.41. The number of aromatic nitrogens is 3. The van der Waals surface area contributed by atoms with Crippen molar-refractivity contribution in [3.05, 3.63) is 30.2 Å². The minimum Gasteiger partial charge on any atom is -0.465 e. The first-order valence-electron chi connectivity index (χ1n) is 10.2. The van der Waals surface area contributed by atoms with Gasteiger partial charge in [-0.3, -0.25) is 0 Å². The Morgan fingerprint density at radius 1 is 1.36 bits per heavy atom. The molecule has 9 nitrogen and oxygen atoms in total. The van der Waals surface area contributed by atoms with Crippen LogP contribution in [0, 0.1) is 0 Å². The number of hydrogen-bond donors (Lipinski definition) is 3. The SMILES string of the molecule is CN1CC[C@@H](Nc2cccc3c2cc(-c2noc(CNC(=O)O)n2)n3CC(F)(F)F)[C@@H](F)C1. The number of carboxylic acid groups (broad SMARTS) is 1. The monoisotopic (exact) mass is 470 g/mol. The number of nitrogens with one attached hydrogen (secondary N) is 2. The van der Waals surface area contributed by atoms with Crippen LogP contribution >= 0.6 is 0 Å². The van der Waals surface area contributed by atoms with Gasteiger partial charge in [0.1, 0.15) is 19.3 Å². The molecule has 0 aliphatic carbocycles. The van der Waals surface area contributed by atoms with Gasteiger partial charge in [-0.05, 0) is 31.7 Å². The minimum atomic E-state index is -4.53. The third-order valence-corrected chi connectivity index (χ3v) is 5.46. The molecule has 4 rings (SSSR count). The minimum absolute atomic E-state index is 0.0436. The Morgan fingerprint density at radius 2 is 2.15 bits per heavy atom. The van der Waals surface area contributed by atoms with E-state index in [-0.39, 0.29) is 36.0 Å². The summed E-state index contributed by atoms with van der Waals surface area (Å²) in [6.45, 7) is -0.621. The van der Waals surface area contributed by atoms with Gasteiger partial charge in [-0.1, -0.05) is 11.2 Å². The van der Waals surface area contributed by atoms with Crippen LogP contribution in [-0.2, 0) is 13.1 Å². The lowest BCUT2D eigenvalue weighted by Crippen LogP contribution is -2.46. The maximum absolute atomic E-state index is 14.5. The molecular weight excluding hydrogens is 448 g/mol. The fraction of sp³-hybridized carbons (Fsp3) is 0.450. The number of nitrogens with zero attached hydrogens (tertiary/aromatic N) is 4. The molecule has 1 aliphatic rings. The van der Waals surface area contributed by atoms with E-state index >= 15 is 0 Å². The summed E-state index contributed by atoms with van der Waals surface area (Å²) in [4.78, 5) is 16.6. The van der Waals surface area contributed by atoms with E-state index in [1.807, 2.05) is 11.9 Å². The molecular formula is C20H22F4N6O3. The number of carbonyl (C=O) groups is 1. The quantitative estimate of drug-likeness (QED) is 0.474. The zero-order valence-electron chi connectivity index (χ0n) is 17.6. The molecule has 3 heterocycles. The first-order chi connectivity index (χ1) is 15.6. The summed E-state index contributed by atoms with van der Waals surface area (Å²) < 4.78 is 60.7. The second-order valence-corrected chi connectivity index (χ2v) is 7.96. The number of halogens is 4. The number of likely N-dealkylation sites (tertiary alicyclic amines) is 1. The van der Waals surface area contributed by atoms with Gasteiger partial charge in [-0.25, -0.2) is 9.18 Å². The molecule has 1 aliphatic heterocycles. The van der Waals surface area contributed by atoms with Crippen molar-refractivity contribution in [1.29, 1.82) is 0 Å². The number of amides is 1. The molecule has 0 radical (unpaired) electrons. The molecule has 1 fully saturated rings. The standard InChI is InChI=1S/C20H22F4N6O3/c1-29-6-5-14(12(21)9-29)26-13-3-2-4-15-11(13)7-16(30(15)10-20(22,23)24)18-27-17(33-28-18)8-25-19(31)32/h2-4,7,12,14,25-26H,5-6,8-10H2,1H3,(H,31,32)/t12-,14+/m0/s1. The van der Waals surface area contributed by atoms with E-state index in [4.69, 9.17) is 9.63 Å². The largest absolute Gasteiger partial charge is 0.465 e. The van der Waals surface area contributed by atoms with Gasteiger partial charge in [0.05, 0.1) is 17.3 Å². The van der Waals surface area contributed by atoms with Crippen LogP contribution in [0.5, 0.6) is 0 Å². The van der Waals surface area contributed by atoms with Gasteiger partial charge in [0, 0.05) is 24.2 Å². The molecule has 13 heteroatoms. The third-order valence-electron chi connectivity index (χ3n) is 5.46. The van der Waals surface area contributed by atoms with Gasteiger partial charge in [-0.2, -0.15) is 18.2 Å². The summed E-state index contributed by atoms with van der Waals surface area (Å²) in [5.74, 6) is -0.215. The Morgan fingerprint density at radius 3 is 2.85 bits per heavy atom. The predicted octanol–water partition coefficient (Wildman–Crippen LogP) is 3.48. The second-order valence-electron chi connectivity index (χ2n) is 7.96. The number of piperidine rings is 1. The Kier molecular flexibility index (Phi) is 6.15. The lowest BCUT2D eigenvalue weighted by atomic mass is 10.0. The topological polar surface area (TPSA) is 108 Å². The molecule has 3 N–H and O–H groups in total. The van der Waals surface area contributed by atoms with Crippen LogP contribution in [0.25, 0.3) is 22.4 Å². The van der Waals surface area contributed by atoms with E-state index < -0.39 is 31.0 Å². The number of anilines is 1. The van der Waals surface area contributed by atoms with E-state index in [1.165, 1.54) is 12.1 Å². The van der Waals surface area contributed by atoms with Crippen LogP contribution in [0.4, 0.5) is 28.0 Å². The molecule has 1 saturated heterocycles. The van der Waals surface area contributed by atoms with Crippen LogP contribution in [0.1, 0.15) is 12.3 Å². The zero-order valence-corrected chi connectivity index (χ0v) is 17.6. The van der Waals surface area contributed by atoms with Crippen LogP contribution in [0.15, 0.2) is 28.8 Å². The first-order valence-corrected chi connectivity index (χ1v) is 10.2. The summed E-state index contributed by atoms with van der Waals surface area (Å²) in [5.41, 5.74) is 0.816. The van der Waals surface area contributed by atoms with Crippen molar-refractivity contribution < 1.29 is 32.0 Å². The summed E-state index contributed by atoms with van der Waals surface area (Å²) >= 11 is 0. The van der Waals surface area contributed by atoms with Crippen molar-refractivity contribution in [2.45, 2.75) is 37.9 Å². The van der Waals surface area contributed by atoms with Gasteiger partial charge in [0.25, 0.3) is 0 Å². The lowest BCUT2D eigenvalue weighted by molar-refractivity contribution is -0.139. The summed E-state index contributed by atoms with van der Waals surface area (Å²) in [7, 11) is 1.83. The first kappa shape index (κ1) is 22.8. The summed E-state index contributed by atoms with van der Waals surface area (Å²) in [5, 5.41) is 18.1. The van der Waals surface area contributed by atoms with Crippen molar-refractivity contribution >= 4 is 22.7 Å². The highest BCUT2D eigenvalue weighted by molar-refractivity contribution is 5.96. The van der Waals surface area contributed by atoms with Crippen molar-refractivity contribution in [3.8, 4) is 11.5 Å². The summed E-state index contributed by atoms with van der Waals surface area (Å²) in [6, 6.07) is 5.84. The van der Waals surface area contributed by atoms with Crippen molar-refractivity contribution in [2.24, 2.45) is 0 Å². The predicted molar refractivity (Wildman–Crippen MR) is 111 cm³/mol. The van der Waals surface area contributed by atoms with Crippen LogP contribution in [0.3, 0.4) is 0 Å². The fourth-order valence-corrected chi connectivity index (χ4v) is 3.95. The number of alkyl halides is 4. The normalized spacial score (nSPS) is 19.7. The lowest BCUT2D eigenvalue weighted by Gasteiger charge is -2.33. The van der Waals surface area contributed by atoms with Gasteiger partial charge < -0.3 is 29.7 Å². The van der Waals surface area contributed by atoms with Gasteiger partial charge in [0.2, 0.25) is 11.7 Å². The van der Waals surface area contributed by atoms with Crippen molar-refractivity contribution in [3.63, 3.8) is 0 Å². The van der Waals surface area contributed by atoms with Crippen LogP contribution in [0.2, 0.25) is 0 Å². The Labute approximate surface area is 185 Å². The van der Waals surface area contributed by atoms with Crippen molar-refractivity contribution in [1.82, 2.24) is 24.9 Å². The van der Waals surface area contributed by atoms with Crippen LogP contribution in [-0.4, -0.2) is 69.3 Å². The molecule has 33 heavy (non-hydrogen) atoms.